The third kappa shape index (κ3) is 6.10. The summed E-state index contributed by atoms with van der Waals surface area (Å²) in [5.74, 6) is -0.233. The molecule has 2 aromatic rings. The quantitative estimate of drug-likeness (QED) is 0.640. The van der Waals surface area contributed by atoms with E-state index in [1.807, 2.05) is 12.3 Å². The van der Waals surface area contributed by atoms with E-state index >= 15 is 0 Å². The zero-order chi connectivity index (χ0) is 20.7. The number of thiazole rings is 1. The molecule has 0 spiro atoms. The molecular formula is C21H29N3O3S2. The Morgan fingerprint density at radius 1 is 1.17 bits per heavy atom. The summed E-state index contributed by atoms with van der Waals surface area (Å²) in [6.45, 7) is 3.66. The summed E-state index contributed by atoms with van der Waals surface area (Å²) in [5, 5.41) is 6.06. The number of carbonyl (C=O) groups excluding carboxylic acids is 1. The smallest absolute Gasteiger partial charge is 0.251 e. The second-order valence-electron chi connectivity index (χ2n) is 7.44. The topological polar surface area (TPSA) is 79.4 Å². The molecule has 0 atom stereocenters. The zero-order valence-electron chi connectivity index (χ0n) is 16.9. The highest BCUT2D eigenvalue weighted by Crippen LogP contribution is 2.21. The van der Waals surface area contributed by atoms with E-state index < -0.39 is 10.0 Å². The summed E-state index contributed by atoms with van der Waals surface area (Å²) in [4.78, 5) is 17.1. The van der Waals surface area contributed by atoms with Crippen LogP contribution in [0.25, 0.3) is 0 Å². The average Bonchev–Trinajstić information content (AvgIpc) is 2.95. The van der Waals surface area contributed by atoms with Gasteiger partial charge in [-0.25, -0.2) is 13.4 Å². The molecule has 1 fully saturated rings. The third-order valence-corrected chi connectivity index (χ3v) is 7.99. The van der Waals surface area contributed by atoms with Gasteiger partial charge in [0.2, 0.25) is 10.0 Å². The highest BCUT2D eigenvalue weighted by Gasteiger charge is 2.25. The van der Waals surface area contributed by atoms with E-state index in [1.165, 1.54) is 6.07 Å². The van der Waals surface area contributed by atoms with Crippen molar-refractivity contribution >= 4 is 27.3 Å². The van der Waals surface area contributed by atoms with Gasteiger partial charge in [-0.1, -0.05) is 18.9 Å². The Labute approximate surface area is 177 Å². The van der Waals surface area contributed by atoms with E-state index in [4.69, 9.17) is 0 Å². The van der Waals surface area contributed by atoms with Crippen molar-refractivity contribution in [2.75, 3.05) is 19.6 Å². The van der Waals surface area contributed by atoms with Crippen LogP contribution in [-0.4, -0.2) is 43.2 Å². The molecule has 1 saturated heterocycles. The summed E-state index contributed by atoms with van der Waals surface area (Å²) >= 11 is 1.67. The van der Waals surface area contributed by atoms with Gasteiger partial charge in [-0.05, 0) is 57.2 Å². The number of carbonyl (C=O) groups is 1. The van der Waals surface area contributed by atoms with Gasteiger partial charge in [-0.3, -0.25) is 4.79 Å². The van der Waals surface area contributed by atoms with Crippen molar-refractivity contribution in [3.63, 3.8) is 0 Å². The molecule has 6 nitrogen and oxygen atoms in total. The first kappa shape index (κ1) is 21.9. The molecule has 3 rings (SSSR count). The van der Waals surface area contributed by atoms with Gasteiger partial charge in [0, 0.05) is 36.3 Å². The molecule has 1 aliphatic heterocycles. The first-order valence-electron chi connectivity index (χ1n) is 10.3. The van der Waals surface area contributed by atoms with Gasteiger partial charge in [-0.2, -0.15) is 4.31 Å². The van der Waals surface area contributed by atoms with Gasteiger partial charge in [0.15, 0.2) is 0 Å². The number of aromatic nitrogens is 1. The highest BCUT2D eigenvalue weighted by atomic mass is 32.2. The molecule has 8 heteroatoms. The molecule has 1 aliphatic rings. The van der Waals surface area contributed by atoms with Crippen molar-refractivity contribution < 1.29 is 13.2 Å². The number of nitrogens with zero attached hydrogens (tertiary/aromatic N) is 2. The summed E-state index contributed by atoms with van der Waals surface area (Å²) in [5.41, 5.74) is 1.43. The predicted octanol–water partition coefficient (Wildman–Crippen LogP) is 3.77. The van der Waals surface area contributed by atoms with Gasteiger partial charge in [0.05, 0.1) is 9.90 Å². The zero-order valence-corrected chi connectivity index (χ0v) is 18.5. The summed E-state index contributed by atoms with van der Waals surface area (Å²) in [6.07, 6.45) is 6.64. The van der Waals surface area contributed by atoms with Crippen molar-refractivity contribution in [1.82, 2.24) is 14.6 Å². The van der Waals surface area contributed by atoms with E-state index in [2.05, 4.69) is 10.3 Å². The van der Waals surface area contributed by atoms with Crippen LogP contribution in [0.3, 0.4) is 0 Å². The number of hydrogen-bond donors (Lipinski definition) is 1. The van der Waals surface area contributed by atoms with Crippen molar-refractivity contribution in [1.29, 1.82) is 0 Å². The van der Waals surface area contributed by atoms with Crippen molar-refractivity contribution in [3.05, 3.63) is 45.9 Å². The number of nitrogens with one attached hydrogen (secondary N) is 1. The van der Waals surface area contributed by atoms with Gasteiger partial charge in [0.25, 0.3) is 5.91 Å². The van der Waals surface area contributed by atoms with Gasteiger partial charge >= 0.3 is 0 Å². The first-order valence-corrected chi connectivity index (χ1v) is 12.6. The van der Waals surface area contributed by atoms with Crippen molar-refractivity contribution in [2.45, 2.75) is 56.8 Å². The standard InChI is InChI=1S/C21H29N3O3S2/c1-17-16-28-20(23-17)11-4-5-12-22-21(25)18-9-8-10-19(15-18)29(26,27)24-13-6-2-3-7-14-24/h8-10,15-16H,2-7,11-14H2,1H3,(H,22,25). The van der Waals surface area contributed by atoms with Crippen LogP contribution in [0.4, 0.5) is 0 Å². The number of aryl methyl sites for hydroxylation is 2. The van der Waals surface area contributed by atoms with Crippen LogP contribution in [0.15, 0.2) is 34.5 Å². The lowest BCUT2D eigenvalue weighted by Crippen LogP contribution is -2.32. The molecule has 1 N–H and O–H groups in total. The average molecular weight is 436 g/mol. The molecule has 1 amide bonds. The van der Waals surface area contributed by atoms with Crippen LogP contribution in [-0.2, 0) is 16.4 Å². The molecular weight excluding hydrogens is 406 g/mol. The molecule has 1 aromatic carbocycles. The fraction of sp³-hybridized carbons (Fsp3) is 0.524. The Bertz CT molecular complexity index is 917. The van der Waals surface area contributed by atoms with Crippen LogP contribution in [0.5, 0.6) is 0 Å². The third-order valence-electron chi connectivity index (χ3n) is 5.07. The molecule has 0 bridgehead atoms. The first-order chi connectivity index (χ1) is 14.0. The molecule has 0 saturated carbocycles. The number of sulfonamides is 1. The minimum absolute atomic E-state index is 0.200. The maximum atomic E-state index is 12.9. The van der Waals surface area contributed by atoms with Crippen molar-refractivity contribution in [3.8, 4) is 0 Å². The molecule has 0 radical (unpaired) electrons. The minimum Gasteiger partial charge on any atom is -0.352 e. The van der Waals surface area contributed by atoms with Crippen molar-refractivity contribution in [2.24, 2.45) is 0 Å². The fourth-order valence-corrected chi connectivity index (χ4v) is 5.83. The molecule has 2 heterocycles. The predicted molar refractivity (Wildman–Crippen MR) is 116 cm³/mol. The van der Waals surface area contributed by atoms with Crippen LogP contribution >= 0.6 is 11.3 Å². The highest BCUT2D eigenvalue weighted by molar-refractivity contribution is 7.89. The largest absolute Gasteiger partial charge is 0.352 e. The Morgan fingerprint density at radius 3 is 2.62 bits per heavy atom. The van der Waals surface area contributed by atoms with E-state index in [0.717, 1.165) is 55.6 Å². The van der Waals surface area contributed by atoms with E-state index in [-0.39, 0.29) is 10.8 Å². The minimum atomic E-state index is -3.55. The van der Waals surface area contributed by atoms with E-state index in [0.29, 0.717) is 25.2 Å². The number of rotatable bonds is 8. The van der Waals surface area contributed by atoms with Crippen LogP contribution in [0, 0.1) is 6.92 Å². The lowest BCUT2D eigenvalue weighted by molar-refractivity contribution is 0.0953. The number of unbranched alkanes of at least 4 members (excludes halogenated alkanes) is 1. The molecule has 0 unspecified atom stereocenters. The lowest BCUT2D eigenvalue weighted by Gasteiger charge is -2.20. The van der Waals surface area contributed by atoms with Crippen LogP contribution < -0.4 is 5.32 Å². The fourth-order valence-electron chi connectivity index (χ4n) is 3.45. The Kier molecular flexibility index (Phi) is 7.80. The maximum Gasteiger partial charge on any atom is 0.251 e. The Balaban J connectivity index is 1.53. The van der Waals surface area contributed by atoms with Gasteiger partial charge < -0.3 is 5.32 Å². The summed E-state index contributed by atoms with van der Waals surface area (Å²) in [7, 11) is -3.55. The number of amides is 1. The molecule has 158 valence electrons. The number of benzene rings is 1. The van der Waals surface area contributed by atoms with Crippen LogP contribution in [0.2, 0.25) is 0 Å². The lowest BCUT2D eigenvalue weighted by atomic mass is 10.2. The Morgan fingerprint density at radius 2 is 1.93 bits per heavy atom. The monoisotopic (exact) mass is 435 g/mol. The SMILES string of the molecule is Cc1csc(CCCCNC(=O)c2cccc(S(=O)(=O)N3CCCCCC3)c2)n1. The maximum absolute atomic E-state index is 12.9. The van der Waals surface area contributed by atoms with Crippen LogP contribution in [0.1, 0.15) is 59.6 Å². The van der Waals surface area contributed by atoms with Gasteiger partial charge in [-0.15, -0.1) is 11.3 Å². The summed E-state index contributed by atoms with van der Waals surface area (Å²) < 4.78 is 27.4. The molecule has 1 aromatic heterocycles. The van der Waals surface area contributed by atoms with E-state index in [9.17, 15) is 13.2 Å². The summed E-state index contributed by atoms with van der Waals surface area (Å²) in [6, 6.07) is 6.38. The molecule has 29 heavy (non-hydrogen) atoms. The Hall–Kier alpha value is -1.77. The van der Waals surface area contributed by atoms with E-state index in [1.54, 1.807) is 33.8 Å². The van der Waals surface area contributed by atoms with Gasteiger partial charge in [0.1, 0.15) is 0 Å². The molecule has 0 aliphatic carbocycles. The normalized spacial score (nSPS) is 15.8. The second-order valence-corrected chi connectivity index (χ2v) is 10.3. The second kappa shape index (κ2) is 10.3. The number of hydrogen-bond acceptors (Lipinski definition) is 5.